The van der Waals surface area contributed by atoms with Gasteiger partial charge in [0.2, 0.25) is 0 Å². The molecule has 3 N–H and O–H groups in total. The number of amides is 1. The number of rotatable bonds is 2. The van der Waals surface area contributed by atoms with Crippen LogP contribution in [-0.2, 0) is 4.79 Å². The van der Waals surface area contributed by atoms with Gasteiger partial charge in [0.15, 0.2) is 5.78 Å². The number of hydrogen-bond acceptors (Lipinski definition) is 5. The molecule has 3 rings (SSSR count). The summed E-state index contributed by atoms with van der Waals surface area (Å²) in [5.41, 5.74) is 2.46. The molecule has 2 aliphatic rings. The van der Waals surface area contributed by atoms with E-state index in [0.29, 0.717) is 17.7 Å². The molecule has 1 spiro atoms. The molecule has 0 radical (unpaired) electrons. The SMILES string of the molecule is O=C(/C=C/c1ccc2c(c1)OC1(CCNCC1)CC2=O)NO. The maximum atomic E-state index is 12.4. The number of piperidine rings is 1. The first kappa shape index (κ1) is 14.7. The maximum absolute atomic E-state index is 12.4. The molecular weight excluding hydrogens is 284 g/mol. The molecule has 1 amide bonds. The summed E-state index contributed by atoms with van der Waals surface area (Å²) in [6.07, 6.45) is 4.82. The Bertz CT molecular complexity index is 633. The Hall–Kier alpha value is -2.18. The van der Waals surface area contributed by atoms with Crippen molar-refractivity contribution in [3.8, 4) is 5.75 Å². The Labute approximate surface area is 128 Å². The number of fused-ring (bicyclic) bond motifs is 1. The van der Waals surface area contributed by atoms with Gasteiger partial charge in [-0.3, -0.25) is 14.8 Å². The largest absolute Gasteiger partial charge is 0.486 e. The minimum atomic E-state index is -0.607. The third-order valence-corrected chi connectivity index (χ3v) is 4.17. The summed E-state index contributed by atoms with van der Waals surface area (Å²) >= 11 is 0. The van der Waals surface area contributed by atoms with Gasteiger partial charge in [-0.2, -0.15) is 0 Å². The van der Waals surface area contributed by atoms with Gasteiger partial charge in [0.25, 0.3) is 5.91 Å². The molecule has 1 fully saturated rings. The molecule has 0 atom stereocenters. The lowest BCUT2D eigenvalue weighted by Gasteiger charge is -2.40. The summed E-state index contributed by atoms with van der Waals surface area (Å²) in [6, 6.07) is 5.24. The topological polar surface area (TPSA) is 87.7 Å². The number of hydrogen-bond donors (Lipinski definition) is 3. The quantitative estimate of drug-likeness (QED) is 0.435. The fraction of sp³-hybridized carbons (Fsp3) is 0.375. The second-order valence-corrected chi connectivity index (χ2v) is 5.70. The first-order valence-corrected chi connectivity index (χ1v) is 7.31. The van der Waals surface area contributed by atoms with Crippen molar-refractivity contribution in [1.29, 1.82) is 0 Å². The summed E-state index contributed by atoms with van der Waals surface area (Å²) in [7, 11) is 0. The Morgan fingerprint density at radius 3 is 2.86 bits per heavy atom. The van der Waals surface area contributed by atoms with Crippen LogP contribution in [0.1, 0.15) is 35.2 Å². The predicted octanol–water partition coefficient (Wildman–Crippen LogP) is 1.29. The Morgan fingerprint density at radius 1 is 1.36 bits per heavy atom. The lowest BCUT2D eigenvalue weighted by Crippen LogP contribution is -2.49. The summed E-state index contributed by atoms with van der Waals surface area (Å²) in [5, 5.41) is 11.8. The summed E-state index contributed by atoms with van der Waals surface area (Å²) in [6.45, 7) is 1.69. The monoisotopic (exact) mass is 302 g/mol. The van der Waals surface area contributed by atoms with Crippen molar-refractivity contribution >= 4 is 17.8 Å². The van der Waals surface area contributed by atoms with E-state index in [1.165, 1.54) is 11.6 Å². The highest BCUT2D eigenvalue weighted by Crippen LogP contribution is 2.38. The van der Waals surface area contributed by atoms with E-state index in [9.17, 15) is 9.59 Å². The molecular formula is C16H18N2O4. The molecule has 0 aliphatic carbocycles. The van der Waals surface area contributed by atoms with Gasteiger partial charge in [-0.1, -0.05) is 6.07 Å². The number of carbonyl (C=O) groups excluding carboxylic acids is 2. The predicted molar refractivity (Wildman–Crippen MR) is 79.8 cm³/mol. The van der Waals surface area contributed by atoms with E-state index in [1.807, 2.05) is 0 Å². The third-order valence-electron chi connectivity index (χ3n) is 4.17. The van der Waals surface area contributed by atoms with Gasteiger partial charge in [0, 0.05) is 18.9 Å². The van der Waals surface area contributed by atoms with Gasteiger partial charge in [-0.05, 0) is 36.9 Å². The van der Waals surface area contributed by atoms with E-state index < -0.39 is 11.5 Å². The average molecular weight is 302 g/mol. The molecule has 1 aromatic rings. The molecule has 0 saturated carbocycles. The van der Waals surface area contributed by atoms with Gasteiger partial charge in [-0.25, -0.2) is 5.48 Å². The lowest BCUT2D eigenvalue weighted by atomic mass is 9.83. The van der Waals surface area contributed by atoms with Gasteiger partial charge in [-0.15, -0.1) is 0 Å². The molecule has 6 nitrogen and oxygen atoms in total. The highest BCUT2D eigenvalue weighted by Gasteiger charge is 2.41. The molecule has 0 unspecified atom stereocenters. The van der Waals surface area contributed by atoms with Gasteiger partial charge < -0.3 is 10.1 Å². The number of ketones is 1. The van der Waals surface area contributed by atoms with Crippen molar-refractivity contribution < 1.29 is 19.5 Å². The molecule has 0 bridgehead atoms. The number of benzene rings is 1. The number of carbonyl (C=O) groups is 2. The highest BCUT2D eigenvalue weighted by molar-refractivity contribution is 6.00. The van der Waals surface area contributed by atoms with Crippen LogP contribution in [0.3, 0.4) is 0 Å². The zero-order valence-corrected chi connectivity index (χ0v) is 12.1. The molecule has 1 saturated heterocycles. The van der Waals surface area contributed by atoms with Crippen molar-refractivity contribution in [3.05, 3.63) is 35.4 Å². The van der Waals surface area contributed by atoms with Crippen LogP contribution in [0, 0.1) is 0 Å². The molecule has 2 aliphatic heterocycles. The molecule has 22 heavy (non-hydrogen) atoms. The van der Waals surface area contributed by atoms with Gasteiger partial charge in [0.1, 0.15) is 11.4 Å². The van der Waals surface area contributed by atoms with Crippen molar-refractivity contribution in [1.82, 2.24) is 10.8 Å². The second-order valence-electron chi connectivity index (χ2n) is 5.70. The van der Waals surface area contributed by atoms with Crippen LogP contribution in [0.25, 0.3) is 6.08 Å². The summed E-state index contributed by atoms with van der Waals surface area (Å²) in [4.78, 5) is 23.4. The second kappa shape index (κ2) is 5.90. The van der Waals surface area contributed by atoms with Crippen LogP contribution in [0.2, 0.25) is 0 Å². The summed E-state index contributed by atoms with van der Waals surface area (Å²) in [5.74, 6) is 0.0704. The zero-order valence-electron chi connectivity index (χ0n) is 12.1. The zero-order chi connectivity index (χ0) is 15.6. The van der Waals surface area contributed by atoms with Crippen molar-refractivity contribution in [2.75, 3.05) is 13.1 Å². The van der Waals surface area contributed by atoms with Crippen molar-refractivity contribution in [2.45, 2.75) is 24.9 Å². The van der Waals surface area contributed by atoms with Crippen molar-refractivity contribution in [2.24, 2.45) is 0 Å². The fourth-order valence-electron chi connectivity index (χ4n) is 2.98. The van der Waals surface area contributed by atoms with Crippen LogP contribution in [-0.4, -0.2) is 35.6 Å². The van der Waals surface area contributed by atoms with Gasteiger partial charge in [0.05, 0.1) is 12.0 Å². The molecule has 6 heteroatoms. The first-order chi connectivity index (χ1) is 10.6. The number of hydroxylamine groups is 1. The Morgan fingerprint density at radius 2 is 2.14 bits per heavy atom. The van der Waals surface area contributed by atoms with E-state index in [4.69, 9.17) is 9.94 Å². The molecule has 0 aromatic heterocycles. The van der Waals surface area contributed by atoms with Crippen molar-refractivity contribution in [3.63, 3.8) is 0 Å². The number of nitrogens with one attached hydrogen (secondary N) is 2. The lowest BCUT2D eigenvalue weighted by molar-refractivity contribution is -0.124. The average Bonchev–Trinajstić information content (AvgIpc) is 2.52. The first-order valence-electron chi connectivity index (χ1n) is 7.31. The van der Waals surface area contributed by atoms with E-state index >= 15 is 0 Å². The van der Waals surface area contributed by atoms with Crippen LogP contribution in [0.5, 0.6) is 5.75 Å². The minimum absolute atomic E-state index is 0.104. The standard InChI is InChI=1S/C16H18N2O4/c19-13-10-16(5-7-17-8-6-16)22-14-9-11(1-3-12(13)14)2-4-15(20)18-21/h1-4,9,17,21H,5-8,10H2,(H,18,20)/b4-2+. The summed E-state index contributed by atoms with van der Waals surface area (Å²) < 4.78 is 6.16. The van der Waals surface area contributed by atoms with Gasteiger partial charge >= 0.3 is 0 Å². The normalized spacial score (nSPS) is 19.8. The van der Waals surface area contributed by atoms with E-state index in [-0.39, 0.29) is 5.78 Å². The molecule has 116 valence electrons. The van der Waals surface area contributed by atoms with E-state index in [2.05, 4.69) is 5.32 Å². The third kappa shape index (κ3) is 2.88. The Balaban J connectivity index is 1.87. The van der Waals surface area contributed by atoms with E-state index in [1.54, 1.807) is 24.3 Å². The highest BCUT2D eigenvalue weighted by atomic mass is 16.5. The van der Waals surface area contributed by atoms with Crippen LogP contribution < -0.4 is 15.5 Å². The smallest absolute Gasteiger partial charge is 0.267 e. The van der Waals surface area contributed by atoms with E-state index in [0.717, 1.165) is 31.5 Å². The number of Topliss-reactive ketones (excluding diaryl/α,β-unsaturated/α-hetero) is 1. The molecule has 2 heterocycles. The minimum Gasteiger partial charge on any atom is -0.486 e. The van der Waals surface area contributed by atoms with Crippen LogP contribution in [0.15, 0.2) is 24.3 Å². The number of ether oxygens (including phenoxy) is 1. The van der Waals surface area contributed by atoms with Crippen LogP contribution in [0.4, 0.5) is 0 Å². The maximum Gasteiger partial charge on any atom is 0.267 e. The molecule has 1 aromatic carbocycles. The Kier molecular flexibility index (Phi) is 3.96. The fourth-order valence-corrected chi connectivity index (χ4v) is 2.98. The van der Waals surface area contributed by atoms with Crippen LogP contribution >= 0.6 is 0 Å².